The Morgan fingerprint density at radius 2 is 1.76 bits per heavy atom. The van der Waals surface area contributed by atoms with Crippen molar-refractivity contribution >= 4 is 17.4 Å². The Balaban J connectivity index is 2.16. The molecule has 8 nitrogen and oxygen atoms in total. The first-order chi connectivity index (χ1) is 16.0. The summed E-state index contributed by atoms with van der Waals surface area (Å²) in [6, 6.07) is 11.2. The molecular weight excluding hydrogens is 426 g/mol. The number of aliphatic hydroxyl groups is 1. The molecule has 1 aliphatic rings. The number of ether oxygens (including phenoxy) is 4. The van der Waals surface area contributed by atoms with Crippen molar-refractivity contribution in [1.29, 1.82) is 0 Å². The maximum atomic E-state index is 13.1. The molecule has 0 spiro atoms. The van der Waals surface area contributed by atoms with Crippen molar-refractivity contribution in [2.24, 2.45) is 0 Å². The Morgan fingerprint density at radius 1 is 1.00 bits per heavy atom. The molecule has 33 heavy (non-hydrogen) atoms. The molecule has 1 fully saturated rings. The number of benzene rings is 2. The number of methoxy groups -OCH3 is 2. The zero-order valence-electron chi connectivity index (χ0n) is 19.3. The molecule has 176 valence electrons. The van der Waals surface area contributed by atoms with Gasteiger partial charge in [-0.25, -0.2) is 0 Å². The Hall–Kier alpha value is -3.52. The van der Waals surface area contributed by atoms with Crippen LogP contribution in [0, 0.1) is 0 Å². The van der Waals surface area contributed by atoms with Crippen LogP contribution >= 0.6 is 0 Å². The van der Waals surface area contributed by atoms with Gasteiger partial charge in [0.2, 0.25) is 0 Å². The first-order valence-electron chi connectivity index (χ1n) is 10.8. The van der Waals surface area contributed by atoms with Crippen LogP contribution in [-0.4, -0.2) is 62.3 Å². The summed E-state index contributed by atoms with van der Waals surface area (Å²) < 4.78 is 21.7. The zero-order valence-corrected chi connectivity index (χ0v) is 19.3. The first-order valence-corrected chi connectivity index (χ1v) is 10.8. The molecule has 1 N–H and O–H groups in total. The molecule has 1 unspecified atom stereocenters. The molecule has 2 aromatic carbocycles. The van der Waals surface area contributed by atoms with Gasteiger partial charge in [-0.1, -0.05) is 18.2 Å². The number of amides is 1. The fourth-order valence-electron chi connectivity index (χ4n) is 3.83. The molecule has 0 radical (unpaired) electrons. The maximum absolute atomic E-state index is 13.1. The predicted octanol–water partition coefficient (Wildman–Crippen LogP) is 3.56. The molecule has 0 aliphatic carbocycles. The van der Waals surface area contributed by atoms with Gasteiger partial charge >= 0.3 is 0 Å². The van der Waals surface area contributed by atoms with E-state index in [1.807, 2.05) is 13.8 Å². The number of hydrogen-bond acceptors (Lipinski definition) is 7. The van der Waals surface area contributed by atoms with Crippen molar-refractivity contribution in [3.63, 3.8) is 0 Å². The normalized spacial score (nSPS) is 17.3. The van der Waals surface area contributed by atoms with Crippen molar-refractivity contribution < 1.29 is 33.6 Å². The molecule has 1 atom stereocenters. The molecule has 1 amide bonds. The number of ketones is 1. The lowest BCUT2D eigenvalue weighted by Crippen LogP contribution is -2.32. The molecule has 0 aromatic heterocycles. The highest BCUT2D eigenvalue weighted by atomic mass is 16.5. The third-order valence-electron chi connectivity index (χ3n) is 5.30. The Bertz CT molecular complexity index is 1050. The predicted molar refractivity (Wildman–Crippen MR) is 123 cm³/mol. The molecule has 8 heteroatoms. The van der Waals surface area contributed by atoms with Crippen molar-refractivity contribution in [2.45, 2.75) is 19.9 Å². The lowest BCUT2D eigenvalue weighted by molar-refractivity contribution is -0.140. The molecule has 3 rings (SSSR count). The highest BCUT2D eigenvalue weighted by molar-refractivity contribution is 6.46. The van der Waals surface area contributed by atoms with Crippen LogP contribution in [0.2, 0.25) is 0 Å². The van der Waals surface area contributed by atoms with Gasteiger partial charge in [0.15, 0.2) is 11.5 Å². The standard InChI is InChI=1S/C25H29NO7/c1-5-32-18-9-7-8-17(14-18)23(27)21-22(26(12-13-30-3)25(29)24(21)28)16-10-11-19(33-6-2)20(15-16)31-4/h7-11,14-15,22,27H,5-6,12-13H2,1-4H3/b23-21+. The van der Waals surface area contributed by atoms with E-state index in [1.54, 1.807) is 42.5 Å². The highest BCUT2D eigenvalue weighted by Gasteiger charge is 2.46. The highest BCUT2D eigenvalue weighted by Crippen LogP contribution is 2.42. The van der Waals surface area contributed by atoms with Gasteiger partial charge in [-0.3, -0.25) is 9.59 Å². The van der Waals surface area contributed by atoms with Crippen LogP contribution in [0.5, 0.6) is 17.2 Å². The molecule has 1 heterocycles. The first kappa shape index (κ1) is 24.1. The minimum Gasteiger partial charge on any atom is -0.507 e. The summed E-state index contributed by atoms with van der Waals surface area (Å²) in [5.74, 6) is -0.176. The number of likely N-dealkylation sites (tertiary alicyclic amines) is 1. The van der Waals surface area contributed by atoms with Crippen LogP contribution in [0.1, 0.15) is 31.0 Å². The number of nitrogens with zero attached hydrogens (tertiary/aromatic N) is 1. The van der Waals surface area contributed by atoms with E-state index in [2.05, 4.69) is 0 Å². The number of hydrogen-bond donors (Lipinski definition) is 1. The van der Waals surface area contributed by atoms with E-state index < -0.39 is 17.7 Å². The van der Waals surface area contributed by atoms with E-state index >= 15 is 0 Å². The number of aliphatic hydroxyl groups excluding tert-OH is 1. The molecule has 0 bridgehead atoms. The second-order valence-electron chi connectivity index (χ2n) is 7.29. The largest absolute Gasteiger partial charge is 0.507 e. The Labute approximate surface area is 193 Å². The smallest absolute Gasteiger partial charge is 0.295 e. The van der Waals surface area contributed by atoms with Crippen LogP contribution in [0.25, 0.3) is 5.76 Å². The van der Waals surface area contributed by atoms with Crippen molar-refractivity contribution in [2.75, 3.05) is 40.6 Å². The van der Waals surface area contributed by atoms with Gasteiger partial charge < -0.3 is 29.0 Å². The quantitative estimate of drug-likeness (QED) is 0.333. The van der Waals surface area contributed by atoms with Crippen LogP contribution < -0.4 is 14.2 Å². The average molecular weight is 456 g/mol. The average Bonchev–Trinajstić information content (AvgIpc) is 3.08. The summed E-state index contributed by atoms with van der Waals surface area (Å²) in [5.41, 5.74) is 0.984. The monoisotopic (exact) mass is 455 g/mol. The van der Waals surface area contributed by atoms with E-state index in [0.29, 0.717) is 41.6 Å². The Kier molecular flexibility index (Phi) is 7.95. The van der Waals surface area contributed by atoms with Gasteiger partial charge in [0, 0.05) is 19.2 Å². The summed E-state index contributed by atoms with van der Waals surface area (Å²) in [4.78, 5) is 27.4. The fourth-order valence-corrected chi connectivity index (χ4v) is 3.83. The van der Waals surface area contributed by atoms with Crippen molar-refractivity contribution in [1.82, 2.24) is 4.90 Å². The molecule has 1 aliphatic heterocycles. The summed E-state index contributed by atoms with van der Waals surface area (Å²) in [5, 5.41) is 11.2. The summed E-state index contributed by atoms with van der Waals surface area (Å²) >= 11 is 0. The zero-order chi connectivity index (χ0) is 24.0. The van der Waals surface area contributed by atoms with E-state index in [1.165, 1.54) is 19.1 Å². The number of Topliss-reactive ketones (excluding diaryl/α,β-unsaturated/α-hetero) is 1. The van der Waals surface area contributed by atoms with E-state index in [0.717, 1.165) is 0 Å². The van der Waals surface area contributed by atoms with Crippen LogP contribution in [-0.2, 0) is 14.3 Å². The van der Waals surface area contributed by atoms with Crippen molar-refractivity contribution in [3.05, 3.63) is 59.2 Å². The molecule has 2 aromatic rings. The second-order valence-corrected chi connectivity index (χ2v) is 7.29. The SMILES string of the molecule is CCOc1cccc(/C(O)=C2\C(=O)C(=O)N(CCOC)C2c2ccc(OCC)c(OC)c2)c1. The van der Waals surface area contributed by atoms with Gasteiger partial charge in [-0.05, 0) is 43.7 Å². The Morgan fingerprint density at radius 3 is 2.42 bits per heavy atom. The topological polar surface area (TPSA) is 94.5 Å². The summed E-state index contributed by atoms with van der Waals surface area (Å²) in [6.07, 6.45) is 0. The lowest BCUT2D eigenvalue weighted by Gasteiger charge is -2.25. The van der Waals surface area contributed by atoms with E-state index in [-0.39, 0.29) is 24.5 Å². The third-order valence-corrected chi connectivity index (χ3v) is 5.30. The minimum atomic E-state index is -0.819. The molecule has 0 saturated carbocycles. The van der Waals surface area contributed by atoms with Gasteiger partial charge in [0.25, 0.3) is 11.7 Å². The van der Waals surface area contributed by atoms with Crippen LogP contribution in [0.15, 0.2) is 48.0 Å². The number of carbonyl (C=O) groups excluding carboxylic acids is 2. The maximum Gasteiger partial charge on any atom is 0.295 e. The van der Waals surface area contributed by atoms with Crippen LogP contribution in [0.4, 0.5) is 0 Å². The second kappa shape index (κ2) is 10.9. The molecular formula is C25H29NO7. The third kappa shape index (κ3) is 4.96. The van der Waals surface area contributed by atoms with Crippen LogP contribution in [0.3, 0.4) is 0 Å². The number of rotatable bonds is 10. The van der Waals surface area contributed by atoms with Gasteiger partial charge in [0.1, 0.15) is 11.5 Å². The summed E-state index contributed by atoms with van der Waals surface area (Å²) in [7, 11) is 3.04. The van der Waals surface area contributed by atoms with E-state index in [4.69, 9.17) is 18.9 Å². The van der Waals surface area contributed by atoms with Gasteiger partial charge in [-0.2, -0.15) is 0 Å². The van der Waals surface area contributed by atoms with Crippen molar-refractivity contribution in [3.8, 4) is 17.2 Å². The lowest BCUT2D eigenvalue weighted by atomic mass is 9.95. The minimum absolute atomic E-state index is 0.00374. The van der Waals surface area contributed by atoms with Gasteiger partial charge in [0.05, 0.1) is 38.5 Å². The van der Waals surface area contributed by atoms with Gasteiger partial charge in [-0.15, -0.1) is 0 Å². The number of carbonyl (C=O) groups is 2. The fraction of sp³-hybridized carbons (Fsp3) is 0.360. The molecule has 1 saturated heterocycles. The summed E-state index contributed by atoms with van der Waals surface area (Å²) in [6.45, 7) is 5.04. The van der Waals surface area contributed by atoms with E-state index in [9.17, 15) is 14.7 Å².